The molecule has 2 heteroatoms. The maximum Gasteiger partial charge on any atom is 0.120 e. The van der Waals surface area contributed by atoms with Crippen molar-refractivity contribution in [1.29, 1.82) is 0 Å². The Bertz CT molecular complexity index is 473. The van der Waals surface area contributed by atoms with Gasteiger partial charge in [-0.25, -0.2) is 0 Å². The number of hydrogen-bond donors (Lipinski definition) is 1. The molecule has 3 rings (SSSR count). The Balaban J connectivity index is 1.66. The summed E-state index contributed by atoms with van der Waals surface area (Å²) in [6, 6.07) is 8.86. The van der Waals surface area contributed by atoms with Crippen molar-refractivity contribution in [3.05, 3.63) is 29.8 Å². The van der Waals surface area contributed by atoms with Gasteiger partial charge < -0.3 is 10.1 Å². The lowest BCUT2D eigenvalue weighted by Crippen LogP contribution is -2.39. The third-order valence-corrected chi connectivity index (χ3v) is 4.67. The van der Waals surface area contributed by atoms with Crippen molar-refractivity contribution >= 4 is 0 Å². The molecule has 2 atom stereocenters. The van der Waals surface area contributed by atoms with Gasteiger partial charge in [-0.2, -0.15) is 0 Å². The third kappa shape index (κ3) is 4.23. The highest BCUT2D eigenvalue weighted by atomic mass is 16.5. The van der Waals surface area contributed by atoms with Crippen molar-refractivity contribution in [3.8, 4) is 5.75 Å². The maximum absolute atomic E-state index is 5.96. The lowest BCUT2D eigenvalue weighted by molar-refractivity contribution is 0.302. The zero-order valence-corrected chi connectivity index (χ0v) is 13.7. The van der Waals surface area contributed by atoms with Crippen LogP contribution in [0, 0.1) is 5.92 Å². The minimum Gasteiger partial charge on any atom is -0.490 e. The van der Waals surface area contributed by atoms with E-state index in [9.17, 15) is 0 Å². The molecule has 2 fully saturated rings. The molecule has 0 saturated heterocycles. The molecular formula is C19H29NO. The SMILES string of the molecule is CC(C)(C)NCC1CCCC1c1cccc(OC2CC2)c1. The van der Waals surface area contributed by atoms with Gasteiger partial charge in [-0.15, -0.1) is 0 Å². The van der Waals surface area contributed by atoms with Crippen molar-refractivity contribution in [2.75, 3.05) is 6.54 Å². The standard InChI is InChI=1S/C19H29NO/c1-19(2,3)20-13-15-7-5-9-18(15)14-6-4-8-17(12-14)21-16-10-11-16/h4,6,8,12,15-16,18,20H,5,7,9-11,13H2,1-3H3. The summed E-state index contributed by atoms with van der Waals surface area (Å²) in [6.45, 7) is 7.88. The van der Waals surface area contributed by atoms with E-state index in [1.54, 1.807) is 0 Å². The normalized spacial score (nSPS) is 26.0. The summed E-state index contributed by atoms with van der Waals surface area (Å²) in [5, 5.41) is 3.69. The second-order valence-electron chi connectivity index (χ2n) is 7.82. The van der Waals surface area contributed by atoms with Gasteiger partial charge in [0.25, 0.3) is 0 Å². The predicted octanol–water partition coefficient (Wildman–Crippen LogP) is 4.50. The zero-order chi connectivity index (χ0) is 14.9. The van der Waals surface area contributed by atoms with E-state index in [4.69, 9.17) is 4.74 Å². The Morgan fingerprint density at radius 2 is 1.95 bits per heavy atom. The van der Waals surface area contributed by atoms with Crippen molar-refractivity contribution in [3.63, 3.8) is 0 Å². The van der Waals surface area contributed by atoms with Crippen LogP contribution >= 0.6 is 0 Å². The first kappa shape index (κ1) is 14.9. The molecule has 0 radical (unpaired) electrons. The van der Waals surface area contributed by atoms with Gasteiger partial charge in [0.1, 0.15) is 5.75 Å². The van der Waals surface area contributed by atoms with Crippen LogP contribution in [-0.2, 0) is 0 Å². The quantitative estimate of drug-likeness (QED) is 0.861. The Morgan fingerprint density at radius 3 is 2.67 bits per heavy atom. The largest absolute Gasteiger partial charge is 0.490 e. The smallest absolute Gasteiger partial charge is 0.120 e. The molecule has 21 heavy (non-hydrogen) atoms. The highest BCUT2D eigenvalue weighted by molar-refractivity contribution is 5.32. The molecule has 0 amide bonds. The molecule has 2 aliphatic rings. The van der Waals surface area contributed by atoms with Crippen LogP contribution in [0.4, 0.5) is 0 Å². The number of benzene rings is 1. The van der Waals surface area contributed by atoms with Crippen LogP contribution in [0.15, 0.2) is 24.3 Å². The van der Waals surface area contributed by atoms with Crippen LogP contribution in [-0.4, -0.2) is 18.2 Å². The molecule has 2 unspecified atom stereocenters. The first-order chi connectivity index (χ1) is 10.0. The lowest BCUT2D eigenvalue weighted by atomic mass is 9.88. The molecule has 2 saturated carbocycles. The van der Waals surface area contributed by atoms with Gasteiger partial charge in [0, 0.05) is 5.54 Å². The van der Waals surface area contributed by atoms with Crippen LogP contribution < -0.4 is 10.1 Å². The Hall–Kier alpha value is -1.02. The van der Waals surface area contributed by atoms with Crippen LogP contribution in [0.5, 0.6) is 5.75 Å². The predicted molar refractivity (Wildman–Crippen MR) is 87.9 cm³/mol. The number of nitrogens with one attached hydrogen (secondary N) is 1. The zero-order valence-electron chi connectivity index (χ0n) is 13.7. The average Bonchev–Trinajstić information content (AvgIpc) is 3.10. The molecule has 0 aliphatic heterocycles. The van der Waals surface area contributed by atoms with Gasteiger partial charge in [-0.3, -0.25) is 0 Å². The third-order valence-electron chi connectivity index (χ3n) is 4.67. The van der Waals surface area contributed by atoms with E-state index < -0.39 is 0 Å². The Morgan fingerprint density at radius 1 is 1.14 bits per heavy atom. The highest BCUT2D eigenvalue weighted by Gasteiger charge is 2.30. The number of ether oxygens (including phenoxy) is 1. The first-order valence-electron chi connectivity index (χ1n) is 8.53. The fourth-order valence-electron chi connectivity index (χ4n) is 3.35. The van der Waals surface area contributed by atoms with E-state index in [1.165, 1.54) is 37.7 Å². The van der Waals surface area contributed by atoms with Crippen molar-refractivity contribution in [2.45, 2.75) is 70.4 Å². The van der Waals surface area contributed by atoms with E-state index in [1.807, 2.05) is 0 Å². The van der Waals surface area contributed by atoms with Crippen LogP contribution in [0.25, 0.3) is 0 Å². The average molecular weight is 287 g/mol. The minimum atomic E-state index is 0.212. The summed E-state index contributed by atoms with van der Waals surface area (Å²) in [5.74, 6) is 2.53. The molecule has 116 valence electrons. The number of hydrogen-bond acceptors (Lipinski definition) is 2. The van der Waals surface area contributed by atoms with Crippen molar-refractivity contribution in [2.24, 2.45) is 5.92 Å². The van der Waals surface area contributed by atoms with Crippen molar-refractivity contribution in [1.82, 2.24) is 5.32 Å². The molecule has 0 bridgehead atoms. The molecule has 1 N–H and O–H groups in total. The molecule has 0 spiro atoms. The molecule has 2 aliphatic carbocycles. The second-order valence-corrected chi connectivity index (χ2v) is 7.82. The van der Waals surface area contributed by atoms with E-state index in [0.717, 1.165) is 18.2 Å². The lowest BCUT2D eigenvalue weighted by Gasteiger charge is -2.27. The summed E-state index contributed by atoms with van der Waals surface area (Å²) in [4.78, 5) is 0. The monoisotopic (exact) mass is 287 g/mol. The number of rotatable bonds is 5. The van der Waals surface area contributed by atoms with Gasteiger partial charge >= 0.3 is 0 Å². The summed E-state index contributed by atoms with van der Waals surface area (Å²) >= 11 is 0. The van der Waals surface area contributed by atoms with Gasteiger partial charge in [0.05, 0.1) is 6.10 Å². The second kappa shape index (κ2) is 6.00. The van der Waals surface area contributed by atoms with Gasteiger partial charge in [0.15, 0.2) is 0 Å². The topological polar surface area (TPSA) is 21.3 Å². The van der Waals surface area contributed by atoms with Gasteiger partial charge in [-0.05, 0) is 82.5 Å². The van der Waals surface area contributed by atoms with E-state index in [-0.39, 0.29) is 5.54 Å². The molecule has 0 heterocycles. The minimum absolute atomic E-state index is 0.212. The maximum atomic E-state index is 5.96. The van der Waals surface area contributed by atoms with E-state index in [2.05, 4.69) is 50.4 Å². The molecule has 1 aromatic carbocycles. The van der Waals surface area contributed by atoms with Crippen LogP contribution in [0.2, 0.25) is 0 Å². The van der Waals surface area contributed by atoms with E-state index in [0.29, 0.717) is 12.0 Å². The molecule has 1 aromatic rings. The molecular weight excluding hydrogens is 258 g/mol. The van der Waals surface area contributed by atoms with Gasteiger partial charge in [0.2, 0.25) is 0 Å². The Labute approximate surface area is 129 Å². The highest BCUT2D eigenvalue weighted by Crippen LogP contribution is 2.40. The summed E-state index contributed by atoms with van der Waals surface area (Å²) < 4.78 is 5.96. The van der Waals surface area contributed by atoms with E-state index >= 15 is 0 Å². The summed E-state index contributed by atoms with van der Waals surface area (Å²) in [6.07, 6.45) is 6.97. The van der Waals surface area contributed by atoms with Crippen LogP contribution in [0.3, 0.4) is 0 Å². The first-order valence-corrected chi connectivity index (χ1v) is 8.53. The molecule has 0 aromatic heterocycles. The van der Waals surface area contributed by atoms with Crippen LogP contribution in [0.1, 0.15) is 64.4 Å². The fraction of sp³-hybridized carbons (Fsp3) is 0.684. The summed E-state index contributed by atoms with van der Waals surface area (Å²) in [5.41, 5.74) is 1.69. The fourth-order valence-corrected chi connectivity index (χ4v) is 3.35. The van der Waals surface area contributed by atoms with Crippen molar-refractivity contribution < 1.29 is 4.74 Å². The van der Waals surface area contributed by atoms with Gasteiger partial charge in [-0.1, -0.05) is 18.6 Å². The summed E-state index contributed by atoms with van der Waals surface area (Å²) in [7, 11) is 0. The Kier molecular flexibility index (Phi) is 4.26. The molecule has 2 nitrogen and oxygen atoms in total.